The highest BCUT2D eigenvalue weighted by molar-refractivity contribution is 5.98. The number of ether oxygens (including phenoxy) is 2. The van der Waals surface area contributed by atoms with Gasteiger partial charge in [-0.05, 0) is 25.0 Å². The zero-order valence-electron chi connectivity index (χ0n) is 14.7. The monoisotopic (exact) mass is 368 g/mol. The van der Waals surface area contributed by atoms with Crippen LogP contribution in [0.15, 0.2) is 36.7 Å². The third-order valence-corrected chi connectivity index (χ3v) is 4.81. The lowest BCUT2D eigenvalue weighted by Crippen LogP contribution is -2.43. The predicted molar refractivity (Wildman–Crippen MR) is 98.5 cm³/mol. The van der Waals surface area contributed by atoms with Gasteiger partial charge in [0.1, 0.15) is 0 Å². The molecular weight excluding hydrogens is 348 g/mol. The Morgan fingerprint density at radius 2 is 1.93 bits per heavy atom. The Bertz CT molecular complexity index is 872. The largest absolute Gasteiger partial charge is 0.454 e. The number of nitrogen functional groups attached to an aromatic ring is 1. The maximum atomic E-state index is 12.7. The van der Waals surface area contributed by atoms with Crippen LogP contribution in [-0.4, -0.2) is 41.6 Å². The molecule has 0 bridgehead atoms. The normalized spacial score (nSPS) is 18.2. The van der Waals surface area contributed by atoms with Gasteiger partial charge in [0.15, 0.2) is 11.5 Å². The van der Waals surface area contributed by atoms with Crippen LogP contribution in [0.5, 0.6) is 11.5 Å². The number of nitrogens with zero attached hydrogens (tertiary/aromatic N) is 2. The highest BCUT2D eigenvalue weighted by Crippen LogP contribution is 2.38. The number of carbonyl (C=O) groups excluding carboxylic acids is 2. The minimum absolute atomic E-state index is 0.0857. The third kappa shape index (κ3) is 3.51. The van der Waals surface area contributed by atoms with Crippen LogP contribution in [0.4, 0.5) is 11.4 Å². The van der Waals surface area contributed by atoms with Crippen molar-refractivity contribution in [1.29, 1.82) is 0 Å². The van der Waals surface area contributed by atoms with Crippen molar-refractivity contribution >= 4 is 23.2 Å². The maximum absolute atomic E-state index is 12.7. The van der Waals surface area contributed by atoms with E-state index in [0.717, 1.165) is 12.8 Å². The summed E-state index contributed by atoms with van der Waals surface area (Å²) in [5.74, 6) is 0.578. The molecule has 0 aliphatic carbocycles. The molecule has 1 atom stereocenters. The molecule has 8 heteroatoms. The molecule has 1 aromatic heterocycles. The highest BCUT2D eigenvalue weighted by atomic mass is 16.7. The van der Waals surface area contributed by atoms with Crippen molar-refractivity contribution in [2.24, 2.45) is 5.92 Å². The first-order valence-corrected chi connectivity index (χ1v) is 8.81. The topological polar surface area (TPSA) is 107 Å². The molecule has 0 radical (unpaired) electrons. The number of nitrogens with two attached hydrogens (primary N) is 1. The molecule has 3 N–H and O–H groups in total. The number of pyridine rings is 1. The number of piperidine rings is 1. The Morgan fingerprint density at radius 1 is 1.19 bits per heavy atom. The average molecular weight is 368 g/mol. The van der Waals surface area contributed by atoms with E-state index in [2.05, 4.69) is 10.3 Å². The van der Waals surface area contributed by atoms with E-state index >= 15 is 0 Å². The van der Waals surface area contributed by atoms with Crippen molar-refractivity contribution in [2.45, 2.75) is 12.8 Å². The number of hydrogen-bond donors (Lipinski definition) is 2. The minimum atomic E-state index is -0.297. The summed E-state index contributed by atoms with van der Waals surface area (Å²) in [5, 5.41) is 2.86. The number of fused-ring (bicyclic) bond motifs is 1. The fourth-order valence-electron chi connectivity index (χ4n) is 3.35. The summed E-state index contributed by atoms with van der Waals surface area (Å²) in [7, 11) is 0. The number of anilines is 2. The smallest absolute Gasteiger partial charge is 0.253 e. The molecule has 140 valence electrons. The number of carbonyl (C=O) groups is 2. The van der Waals surface area contributed by atoms with E-state index in [0.29, 0.717) is 41.5 Å². The van der Waals surface area contributed by atoms with Crippen LogP contribution in [0, 0.1) is 5.92 Å². The van der Waals surface area contributed by atoms with Crippen molar-refractivity contribution in [1.82, 2.24) is 9.88 Å². The molecule has 1 unspecified atom stereocenters. The van der Waals surface area contributed by atoms with Crippen LogP contribution in [0.1, 0.15) is 23.2 Å². The molecule has 0 spiro atoms. The second-order valence-corrected chi connectivity index (χ2v) is 6.61. The van der Waals surface area contributed by atoms with Crippen molar-refractivity contribution in [3.05, 3.63) is 42.2 Å². The van der Waals surface area contributed by atoms with Crippen LogP contribution >= 0.6 is 0 Å². The Balaban J connectivity index is 1.44. The molecular formula is C19H20N4O4. The van der Waals surface area contributed by atoms with Gasteiger partial charge in [-0.25, -0.2) is 0 Å². The van der Waals surface area contributed by atoms with Gasteiger partial charge in [0.25, 0.3) is 5.91 Å². The lowest BCUT2D eigenvalue weighted by atomic mass is 9.96. The van der Waals surface area contributed by atoms with Gasteiger partial charge >= 0.3 is 0 Å². The SMILES string of the molecule is Nc1cc2c(cc1NC(=O)C1CCCN(C(=O)c3ccncc3)C1)OCO2. The Morgan fingerprint density at radius 3 is 2.70 bits per heavy atom. The first-order valence-electron chi connectivity index (χ1n) is 8.81. The summed E-state index contributed by atoms with van der Waals surface area (Å²) >= 11 is 0. The van der Waals surface area contributed by atoms with Gasteiger partial charge in [-0.2, -0.15) is 0 Å². The molecule has 1 aromatic carbocycles. The molecule has 3 heterocycles. The molecule has 4 rings (SSSR count). The van der Waals surface area contributed by atoms with Gasteiger partial charge in [0, 0.05) is 43.2 Å². The lowest BCUT2D eigenvalue weighted by molar-refractivity contribution is -0.121. The summed E-state index contributed by atoms with van der Waals surface area (Å²) in [6, 6.07) is 6.66. The summed E-state index contributed by atoms with van der Waals surface area (Å²) in [6.45, 7) is 1.15. The molecule has 2 aliphatic rings. The molecule has 2 amide bonds. The standard InChI is InChI=1S/C19H20N4O4/c20-14-8-16-17(27-11-26-16)9-15(14)22-18(24)13-2-1-7-23(10-13)19(25)12-3-5-21-6-4-12/h3-6,8-9,13H,1-2,7,10-11,20H2,(H,22,24). The zero-order valence-corrected chi connectivity index (χ0v) is 14.7. The van der Waals surface area contributed by atoms with Crippen LogP contribution < -0.4 is 20.5 Å². The van der Waals surface area contributed by atoms with Gasteiger partial charge in [-0.3, -0.25) is 14.6 Å². The molecule has 0 saturated carbocycles. The second kappa shape index (κ2) is 7.14. The number of rotatable bonds is 3. The number of nitrogens with one attached hydrogen (secondary N) is 1. The van der Waals surface area contributed by atoms with Crippen LogP contribution in [0.25, 0.3) is 0 Å². The zero-order chi connectivity index (χ0) is 18.8. The Hall–Kier alpha value is -3.29. The van der Waals surface area contributed by atoms with E-state index in [1.165, 1.54) is 0 Å². The number of aromatic nitrogens is 1. The summed E-state index contributed by atoms with van der Waals surface area (Å²) in [6.07, 6.45) is 4.66. The minimum Gasteiger partial charge on any atom is -0.454 e. The van der Waals surface area contributed by atoms with Crippen LogP contribution in [-0.2, 0) is 4.79 Å². The molecule has 2 aromatic rings. The predicted octanol–water partition coefficient (Wildman–Crippen LogP) is 1.88. The first-order chi connectivity index (χ1) is 13.1. The maximum Gasteiger partial charge on any atom is 0.253 e. The fourth-order valence-corrected chi connectivity index (χ4v) is 3.35. The van der Waals surface area contributed by atoms with Gasteiger partial charge in [-0.15, -0.1) is 0 Å². The third-order valence-electron chi connectivity index (χ3n) is 4.81. The van der Waals surface area contributed by atoms with Gasteiger partial charge in [-0.1, -0.05) is 0 Å². The van der Waals surface area contributed by atoms with E-state index in [1.54, 1.807) is 41.6 Å². The Kier molecular flexibility index (Phi) is 4.53. The molecule has 1 fully saturated rings. The number of likely N-dealkylation sites (tertiary alicyclic amines) is 1. The van der Waals surface area contributed by atoms with E-state index in [1.807, 2.05) is 0 Å². The summed E-state index contributed by atoms with van der Waals surface area (Å²) in [4.78, 5) is 31.0. The van der Waals surface area contributed by atoms with Gasteiger partial charge < -0.3 is 25.4 Å². The molecule has 8 nitrogen and oxygen atoms in total. The van der Waals surface area contributed by atoms with Gasteiger partial charge in [0.05, 0.1) is 17.3 Å². The number of benzene rings is 1. The molecule has 27 heavy (non-hydrogen) atoms. The first kappa shape index (κ1) is 17.1. The molecule has 1 saturated heterocycles. The quantitative estimate of drug-likeness (QED) is 0.801. The van der Waals surface area contributed by atoms with E-state index in [-0.39, 0.29) is 24.5 Å². The number of amides is 2. The van der Waals surface area contributed by atoms with Crippen LogP contribution in [0.2, 0.25) is 0 Å². The van der Waals surface area contributed by atoms with Crippen molar-refractivity contribution in [3.8, 4) is 11.5 Å². The van der Waals surface area contributed by atoms with E-state index < -0.39 is 0 Å². The van der Waals surface area contributed by atoms with Crippen molar-refractivity contribution < 1.29 is 19.1 Å². The van der Waals surface area contributed by atoms with Gasteiger partial charge in [0.2, 0.25) is 12.7 Å². The summed E-state index contributed by atoms with van der Waals surface area (Å²) < 4.78 is 10.6. The van der Waals surface area contributed by atoms with Crippen LogP contribution in [0.3, 0.4) is 0 Å². The lowest BCUT2D eigenvalue weighted by Gasteiger charge is -2.32. The highest BCUT2D eigenvalue weighted by Gasteiger charge is 2.29. The van der Waals surface area contributed by atoms with Crippen molar-refractivity contribution in [2.75, 3.05) is 30.9 Å². The summed E-state index contributed by atoms with van der Waals surface area (Å²) in [5.41, 5.74) is 7.48. The fraction of sp³-hybridized carbons (Fsp3) is 0.316. The van der Waals surface area contributed by atoms with E-state index in [9.17, 15) is 9.59 Å². The van der Waals surface area contributed by atoms with Crippen molar-refractivity contribution in [3.63, 3.8) is 0 Å². The molecule has 2 aliphatic heterocycles. The second-order valence-electron chi connectivity index (χ2n) is 6.61. The average Bonchev–Trinajstić information content (AvgIpc) is 3.15. The Labute approximate surface area is 156 Å². The number of hydrogen-bond acceptors (Lipinski definition) is 6. The van der Waals surface area contributed by atoms with E-state index in [4.69, 9.17) is 15.2 Å².